The van der Waals surface area contributed by atoms with Gasteiger partial charge in [0.1, 0.15) is 30.1 Å². The normalized spacial score (nSPS) is 32.1. The lowest BCUT2D eigenvalue weighted by molar-refractivity contribution is -0.158. The first-order valence-electron chi connectivity index (χ1n) is 14.0. The Morgan fingerprint density at radius 3 is 1.86 bits per heavy atom. The van der Waals surface area contributed by atoms with Crippen LogP contribution in [0.15, 0.2) is 0 Å². The molecule has 1 amide bonds. The number of nitrogens with zero attached hydrogens (tertiary/aromatic N) is 1. The van der Waals surface area contributed by atoms with E-state index >= 15 is 0 Å². The number of esters is 1. The molecule has 37 heavy (non-hydrogen) atoms. The highest BCUT2D eigenvalue weighted by Gasteiger charge is 2.55. The Balaban J connectivity index is -0.00000131. The second-order valence-electron chi connectivity index (χ2n) is 8.61. The molecule has 0 aromatic rings. The lowest BCUT2D eigenvalue weighted by atomic mass is 9.79. The lowest BCUT2D eigenvalue weighted by Crippen LogP contribution is -2.55. The predicted molar refractivity (Wildman–Crippen MR) is 148 cm³/mol. The molecule has 2 aliphatic heterocycles. The molecule has 2 saturated heterocycles. The molecule has 0 bridgehead atoms. The maximum Gasteiger partial charge on any atom is 0.425 e. The van der Waals surface area contributed by atoms with Crippen LogP contribution in [0.3, 0.4) is 0 Å². The summed E-state index contributed by atoms with van der Waals surface area (Å²) in [6.45, 7) is 24.1. The zero-order valence-corrected chi connectivity index (χ0v) is 26.0. The van der Waals surface area contributed by atoms with Crippen LogP contribution in [0.25, 0.3) is 0 Å². The van der Waals surface area contributed by atoms with Gasteiger partial charge in [-0.25, -0.2) is 15.6 Å². The average molecular weight is 533 g/mol. The summed E-state index contributed by atoms with van der Waals surface area (Å²) in [6, 6.07) is -0.815. The van der Waals surface area contributed by atoms with Gasteiger partial charge >= 0.3 is 12.1 Å². The molecule has 0 aliphatic carbocycles. The predicted octanol–water partition coefficient (Wildman–Crippen LogP) is 5.58. The summed E-state index contributed by atoms with van der Waals surface area (Å²) in [4.78, 5) is 50.2. The largest absolute Gasteiger partial charge is 0.461 e. The van der Waals surface area contributed by atoms with Gasteiger partial charge in [-0.1, -0.05) is 76.2 Å². The number of hydrogen-bond acceptors (Lipinski definition) is 8. The maximum absolute atomic E-state index is 13.1. The van der Waals surface area contributed by atoms with E-state index in [1.54, 1.807) is 20.8 Å². The molecular weight excluding hydrogens is 476 g/mol. The van der Waals surface area contributed by atoms with Gasteiger partial charge in [-0.05, 0) is 26.2 Å². The van der Waals surface area contributed by atoms with E-state index in [-0.39, 0.29) is 42.5 Å². The number of cyclic esters (lactones) is 1. The van der Waals surface area contributed by atoms with Crippen molar-refractivity contribution in [1.82, 2.24) is 5.01 Å². The second kappa shape index (κ2) is 20.0. The molecule has 2 rings (SSSR count). The van der Waals surface area contributed by atoms with E-state index in [4.69, 9.17) is 20.1 Å². The van der Waals surface area contributed by atoms with Crippen LogP contribution in [0.1, 0.15) is 103 Å². The number of Topliss-reactive ketones (excluding diaryl/α,β-unsaturated/α-hetero) is 2. The third-order valence-electron chi connectivity index (χ3n) is 6.25. The van der Waals surface area contributed by atoms with Crippen LogP contribution in [0.2, 0.25) is 0 Å². The van der Waals surface area contributed by atoms with Crippen LogP contribution in [0, 0.1) is 23.7 Å². The van der Waals surface area contributed by atoms with Crippen LogP contribution < -0.4 is 5.84 Å². The number of nitrogens with two attached hydrogens (primary N) is 1. The fourth-order valence-corrected chi connectivity index (χ4v) is 4.33. The summed E-state index contributed by atoms with van der Waals surface area (Å²) in [5.41, 5.74) is -1.31. The zero-order chi connectivity index (χ0) is 30.1. The van der Waals surface area contributed by atoms with Crippen LogP contribution in [-0.4, -0.2) is 60.1 Å². The number of fused-ring (bicyclic) bond motifs is 1. The molecule has 2 fully saturated rings. The van der Waals surface area contributed by atoms with E-state index in [0.29, 0.717) is 6.42 Å². The third kappa shape index (κ3) is 10.7. The Bertz CT molecular complexity index is 685. The second-order valence-corrected chi connectivity index (χ2v) is 8.61. The SMILES string of the molecule is CC.CC.CC.CC.COC1C[C@@H](C)C(=O)C(C)C2N(N)C(=O)O[C@]2(C)COC(=O)C(C)C(=O)C[C@H]1C. The summed E-state index contributed by atoms with van der Waals surface area (Å²) in [5, 5.41) is 0.889. The molecular formula is C28H56N2O7. The molecule has 220 valence electrons. The molecule has 9 nitrogen and oxygen atoms in total. The molecule has 0 spiro atoms. The van der Waals surface area contributed by atoms with Crippen molar-refractivity contribution in [3.05, 3.63) is 0 Å². The number of hydrogen-bond donors (Lipinski definition) is 1. The van der Waals surface area contributed by atoms with Crippen LogP contribution in [0.5, 0.6) is 0 Å². The molecule has 4 unspecified atom stereocenters. The summed E-state index contributed by atoms with van der Waals surface area (Å²) in [6.07, 6.45) is -0.581. The van der Waals surface area contributed by atoms with Crippen LogP contribution in [0.4, 0.5) is 4.79 Å². The molecule has 0 radical (unpaired) electrons. The summed E-state index contributed by atoms with van der Waals surface area (Å²) >= 11 is 0. The minimum absolute atomic E-state index is 0.104. The van der Waals surface area contributed by atoms with Gasteiger partial charge in [0.2, 0.25) is 0 Å². The van der Waals surface area contributed by atoms with E-state index in [9.17, 15) is 19.2 Å². The van der Waals surface area contributed by atoms with E-state index in [1.807, 2.05) is 62.3 Å². The Morgan fingerprint density at radius 1 is 0.919 bits per heavy atom. The molecule has 7 atom stereocenters. The number of carbonyl (C=O) groups excluding carboxylic acids is 4. The van der Waals surface area contributed by atoms with Crippen molar-refractivity contribution in [1.29, 1.82) is 0 Å². The van der Waals surface area contributed by atoms with E-state index < -0.39 is 35.5 Å². The number of amides is 1. The highest BCUT2D eigenvalue weighted by atomic mass is 16.6. The monoisotopic (exact) mass is 532 g/mol. The van der Waals surface area contributed by atoms with Gasteiger partial charge in [-0.3, -0.25) is 14.4 Å². The van der Waals surface area contributed by atoms with Crippen molar-refractivity contribution < 1.29 is 33.4 Å². The molecule has 0 aromatic carbocycles. The fourth-order valence-electron chi connectivity index (χ4n) is 4.33. The van der Waals surface area contributed by atoms with Crippen molar-refractivity contribution in [2.24, 2.45) is 29.5 Å². The van der Waals surface area contributed by atoms with Gasteiger partial charge in [-0.2, -0.15) is 0 Å². The Morgan fingerprint density at radius 2 is 1.41 bits per heavy atom. The van der Waals surface area contributed by atoms with Crippen LogP contribution >= 0.6 is 0 Å². The van der Waals surface area contributed by atoms with E-state index in [0.717, 1.165) is 5.01 Å². The number of hydrazine groups is 1. The smallest absolute Gasteiger partial charge is 0.425 e. The maximum atomic E-state index is 13.1. The van der Waals surface area contributed by atoms with E-state index in [2.05, 4.69) is 0 Å². The highest BCUT2D eigenvalue weighted by Crippen LogP contribution is 2.35. The van der Waals surface area contributed by atoms with Crippen molar-refractivity contribution in [2.75, 3.05) is 13.7 Å². The first kappa shape index (κ1) is 39.5. The standard InChI is InChI=1S/C20H32N2O7.4C2H6/c1-10-7-14(23)12(3)18(25)28-9-20(5)17(22(21)19(26)29-20)13(4)16(24)11(2)8-15(10)27-6;4*1-2/h10-13,15,17H,7-9,21H2,1-6H3;4*1-2H3/t10-,11-,12?,13?,15?,17?,20-;;;;/m1..../s1. The molecule has 2 heterocycles. The highest BCUT2D eigenvalue weighted by molar-refractivity contribution is 5.98. The number of ketones is 2. The van der Waals surface area contributed by atoms with Gasteiger partial charge in [0, 0.05) is 25.4 Å². The lowest BCUT2D eigenvalue weighted by Gasteiger charge is -2.35. The van der Waals surface area contributed by atoms with E-state index in [1.165, 1.54) is 14.0 Å². The van der Waals surface area contributed by atoms with Gasteiger partial charge in [0.05, 0.1) is 6.10 Å². The van der Waals surface area contributed by atoms with Crippen LogP contribution in [-0.2, 0) is 28.6 Å². The first-order valence-corrected chi connectivity index (χ1v) is 14.0. The van der Waals surface area contributed by atoms with Crippen molar-refractivity contribution in [3.8, 4) is 0 Å². The first-order chi connectivity index (χ1) is 17.4. The molecule has 0 saturated carbocycles. The Hall–Kier alpha value is -2.00. The van der Waals surface area contributed by atoms with Gasteiger partial charge in [-0.15, -0.1) is 0 Å². The van der Waals surface area contributed by atoms with Crippen molar-refractivity contribution in [3.63, 3.8) is 0 Å². The molecule has 2 N–H and O–H groups in total. The number of ether oxygens (including phenoxy) is 3. The minimum atomic E-state index is -1.31. The Kier molecular flexibility index (Phi) is 21.4. The number of methoxy groups -OCH3 is 1. The number of carbonyl (C=O) groups is 4. The summed E-state index contributed by atoms with van der Waals surface area (Å²) < 4.78 is 16.2. The minimum Gasteiger partial charge on any atom is -0.461 e. The number of rotatable bonds is 1. The Labute approximate surface area is 226 Å². The molecule has 2 aliphatic rings. The molecule has 9 heteroatoms. The fraction of sp³-hybridized carbons (Fsp3) is 0.857. The van der Waals surface area contributed by atoms with Crippen molar-refractivity contribution in [2.45, 2.75) is 121 Å². The average Bonchev–Trinajstić information content (AvgIpc) is 3.15. The third-order valence-corrected chi connectivity index (χ3v) is 6.25. The summed E-state index contributed by atoms with van der Waals surface area (Å²) in [7, 11) is 1.54. The topological polar surface area (TPSA) is 125 Å². The van der Waals surface area contributed by atoms with Gasteiger partial charge < -0.3 is 14.2 Å². The van der Waals surface area contributed by atoms with Crippen molar-refractivity contribution >= 4 is 23.6 Å². The zero-order valence-electron chi connectivity index (χ0n) is 26.0. The quantitative estimate of drug-likeness (QED) is 0.201. The van der Waals surface area contributed by atoms with Gasteiger partial charge in [0.15, 0.2) is 5.60 Å². The van der Waals surface area contributed by atoms with Gasteiger partial charge in [0.25, 0.3) is 0 Å². The molecule has 0 aromatic heterocycles. The summed E-state index contributed by atoms with van der Waals surface area (Å²) in [5.74, 6) is 2.66.